The third-order valence-corrected chi connectivity index (χ3v) is 5.99. The van der Waals surface area contributed by atoms with E-state index in [0.717, 1.165) is 33.0 Å². The molecule has 126 valence electrons. The second-order valence-corrected chi connectivity index (χ2v) is 7.99. The zero-order chi connectivity index (χ0) is 17.4. The fourth-order valence-corrected chi connectivity index (χ4v) is 4.61. The number of nitrogens with two attached hydrogens (primary N) is 1. The average Bonchev–Trinajstić information content (AvgIpc) is 3.22. The van der Waals surface area contributed by atoms with Gasteiger partial charge in [-0.15, -0.1) is 22.7 Å². The first-order chi connectivity index (χ1) is 12.1. The molecule has 4 heterocycles. The van der Waals surface area contributed by atoms with Crippen molar-refractivity contribution in [3.63, 3.8) is 0 Å². The summed E-state index contributed by atoms with van der Waals surface area (Å²) in [7, 11) is 0. The molecule has 0 saturated carbocycles. The summed E-state index contributed by atoms with van der Waals surface area (Å²) in [4.78, 5) is 20.2. The molecule has 0 bridgehead atoms. The highest BCUT2D eigenvalue weighted by molar-refractivity contribution is 7.18. The van der Waals surface area contributed by atoms with Gasteiger partial charge in [0.05, 0.1) is 5.39 Å². The van der Waals surface area contributed by atoms with Gasteiger partial charge in [0, 0.05) is 33.8 Å². The molecule has 0 fully saturated rings. The Kier molecular flexibility index (Phi) is 4.19. The molecule has 0 saturated heterocycles. The van der Waals surface area contributed by atoms with E-state index in [1.54, 1.807) is 11.3 Å². The number of aromatic nitrogens is 4. The van der Waals surface area contributed by atoms with Gasteiger partial charge in [-0.1, -0.05) is 13.0 Å². The van der Waals surface area contributed by atoms with Gasteiger partial charge in [-0.3, -0.25) is 4.98 Å². The number of thiophene rings is 1. The van der Waals surface area contributed by atoms with Crippen LogP contribution in [0.3, 0.4) is 0 Å². The number of hydrogen-bond acceptors (Lipinski definition) is 7. The second kappa shape index (κ2) is 6.50. The summed E-state index contributed by atoms with van der Waals surface area (Å²) in [6.45, 7) is 4.15. The maximum atomic E-state index is 6.18. The number of thiazole rings is 1. The lowest BCUT2D eigenvalue weighted by Crippen LogP contribution is -1.99. The maximum absolute atomic E-state index is 6.18. The van der Waals surface area contributed by atoms with E-state index in [1.807, 2.05) is 30.6 Å². The number of rotatable bonds is 4. The minimum Gasteiger partial charge on any atom is -0.383 e. The van der Waals surface area contributed by atoms with Gasteiger partial charge in [0.2, 0.25) is 0 Å². The smallest absolute Gasteiger partial charge is 0.192 e. The van der Waals surface area contributed by atoms with Gasteiger partial charge in [-0.2, -0.15) is 0 Å². The molecule has 1 atom stereocenters. The number of nitrogen functional groups attached to an aromatic ring is 1. The van der Waals surface area contributed by atoms with E-state index in [4.69, 9.17) is 5.73 Å². The van der Waals surface area contributed by atoms with Crippen molar-refractivity contribution in [2.45, 2.75) is 26.2 Å². The Bertz CT molecular complexity index is 1020. The van der Waals surface area contributed by atoms with E-state index in [1.165, 1.54) is 16.2 Å². The topological polar surface area (TPSA) is 77.6 Å². The minimum atomic E-state index is 0.338. The monoisotopic (exact) mass is 367 g/mol. The Labute approximate surface area is 153 Å². The van der Waals surface area contributed by atoms with Crippen molar-refractivity contribution in [2.75, 3.05) is 5.73 Å². The molecule has 0 aliphatic carbocycles. The third kappa shape index (κ3) is 3.25. The highest BCUT2D eigenvalue weighted by atomic mass is 32.1. The summed E-state index contributed by atoms with van der Waals surface area (Å²) in [5.74, 6) is 1.46. The van der Waals surface area contributed by atoms with Crippen molar-refractivity contribution < 1.29 is 0 Å². The van der Waals surface area contributed by atoms with Crippen molar-refractivity contribution >= 4 is 38.7 Å². The van der Waals surface area contributed by atoms with E-state index in [0.29, 0.717) is 17.6 Å². The van der Waals surface area contributed by atoms with Crippen LogP contribution < -0.4 is 5.73 Å². The van der Waals surface area contributed by atoms with Crippen LogP contribution in [0.5, 0.6) is 0 Å². The molecule has 2 N–H and O–H groups in total. The normalized spacial score (nSPS) is 12.6. The van der Waals surface area contributed by atoms with Gasteiger partial charge >= 0.3 is 0 Å². The first-order valence-corrected chi connectivity index (χ1v) is 9.69. The Hall–Kier alpha value is -2.38. The summed E-state index contributed by atoms with van der Waals surface area (Å²) in [5, 5.41) is 3.72. The molecule has 5 nitrogen and oxygen atoms in total. The van der Waals surface area contributed by atoms with Crippen LogP contribution in [0, 0.1) is 6.92 Å². The van der Waals surface area contributed by atoms with E-state index in [9.17, 15) is 0 Å². The van der Waals surface area contributed by atoms with Gasteiger partial charge in [0.1, 0.15) is 10.6 Å². The van der Waals surface area contributed by atoms with Gasteiger partial charge < -0.3 is 5.73 Å². The number of anilines is 1. The van der Waals surface area contributed by atoms with Crippen LogP contribution in [0.25, 0.3) is 21.0 Å². The third-order valence-electron chi connectivity index (χ3n) is 3.98. The summed E-state index contributed by atoms with van der Waals surface area (Å²) in [6.07, 6.45) is 2.74. The van der Waals surface area contributed by atoms with Crippen molar-refractivity contribution in [1.82, 2.24) is 19.9 Å². The van der Waals surface area contributed by atoms with Crippen LogP contribution >= 0.6 is 22.7 Å². The first-order valence-electron chi connectivity index (χ1n) is 7.99. The molecular weight excluding hydrogens is 350 g/mol. The van der Waals surface area contributed by atoms with Gasteiger partial charge in [-0.05, 0) is 31.5 Å². The number of hydrogen-bond donors (Lipinski definition) is 1. The van der Waals surface area contributed by atoms with Crippen molar-refractivity contribution in [2.24, 2.45) is 0 Å². The molecule has 0 aliphatic rings. The number of nitrogens with zero attached hydrogens (tertiary/aromatic N) is 4. The summed E-state index contributed by atoms with van der Waals surface area (Å²) in [5.41, 5.74) is 8.24. The van der Waals surface area contributed by atoms with Crippen LogP contribution in [0.1, 0.15) is 29.1 Å². The summed E-state index contributed by atoms with van der Waals surface area (Å²) >= 11 is 3.21. The quantitative estimate of drug-likeness (QED) is 0.577. The van der Waals surface area contributed by atoms with Crippen molar-refractivity contribution in [3.8, 4) is 10.8 Å². The molecule has 4 aromatic rings. The van der Waals surface area contributed by atoms with Crippen LogP contribution in [-0.4, -0.2) is 19.9 Å². The van der Waals surface area contributed by atoms with Crippen molar-refractivity contribution in [1.29, 1.82) is 0 Å². The minimum absolute atomic E-state index is 0.338. The highest BCUT2D eigenvalue weighted by Gasteiger charge is 2.15. The molecule has 7 heteroatoms. The number of aryl methyl sites for hydroxylation is 1. The Balaban J connectivity index is 1.67. The largest absolute Gasteiger partial charge is 0.383 e. The molecular formula is C18H17N5S2. The predicted molar refractivity (Wildman–Crippen MR) is 104 cm³/mol. The molecule has 0 spiro atoms. The van der Waals surface area contributed by atoms with Crippen LogP contribution in [0.15, 0.2) is 35.8 Å². The lowest BCUT2D eigenvalue weighted by Gasteiger charge is -2.08. The van der Waals surface area contributed by atoms with Gasteiger partial charge in [-0.25, -0.2) is 15.0 Å². The van der Waals surface area contributed by atoms with Crippen LogP contribution in [-0.2, 0) is 6.42 Å². The van der Waals surface area contributed by atoms with Crippen LogP contribution in [0.4, 0.5) is 5.82 Å². The zero-order valence-corrected chi connectivity index (χ0v) is 15.6. The summed E-state index contributed by atoms with van der Waals surface area (Å²) in [6, 6.07) is 8.13. The Morgan fingerprint density at radius 1 is 1.20 bits per heavy atom. The van der Waals surface area contributed by atoms with E-state index in [2.05, 4.69) is 39.0 Å². The molecule has 0 aliphatic heterocycles. The highest BCUT2D eigenvalue weighted by Crippen LogP contribution is 2.33. The lowest BCUT2D eigenvalue weighted by molar-refractivity contribution is 0.739. The molecule has 0 aromatic carbocycles. The fourth-order valence-electron chi connectivity index (χ4n) is 2.72. The van der Waals surface area contributed by atoms with Gasteiger partial charge in [0.15, 0.2) is 10.8 Å². The molecule has 0 radical (unpaired) electrons. The van der Waals surface area contributed by atoms with Crippen molar-refractivity contribution in [3.05, 3.63) is 52.1 Å². The predicted octanol–water partition coefficient (Wildman–Crippen LogP) is 4.45. The Morgan fingerprint density at radius 2 is 2.08 bits per heavy atom. The molecule has 25 heavy (non-hydrogen) atoms. The maximum Gasteiger partial charge on any atom is 0.192 e. The standard InChI is InChI=1S/C18H17N5S2/c1-10(14-5-3-4-6-20-14)7-12-8-13-15(19)22-16(23-17(13)25-12)18-21-11(2)9-24-18/h3-6,8-10H,7H2,1-2H3,(H2,19,22,23). The lowest BCUT2D eigenvalue weighted by atomic mass is 10.0. The van der Waals surface area contributed by atoms with Gasteiger partial charge in [0.25, 0.3) is 0 Å². The van der Waals surface area contributed by atoms with E-state index < -0.39 is 0 Å². The first kappa shape index (κ1) is 16.1. The fraction of sp³-hybridized carbons (Fsp3) is 0.222. The van der Waals surface area contributed by atoms with Crippen LogP contribution in [0.2, 0.25) is 0 Å². The molecule has 1 unspecified atom stereocenters. The van der Waals surface area contributed by atoms with E-state index in [-0.39, 0.29) is 0 Å². The number of fused-ring (bicyclic) bond motifs is 1. The molecule has 4 rings (SSSR count). The average molecular weight is 368 g/mol. The Morgan fingerprint density at radius 3 is 2.80 bits per heavy atom. The number of pyridine rings is 1. The van der Waals surface area contributed by atoms with E-state index >= 15 is 0 Å². The molecule has 4 aromatic heterocycles. The second-order valence-electron chi connectivity index (χ2n) is 6.02. The zero-order valence-electron chi connectivity index (χ0n) is 13.9. The SMILES string of the molecule is Cc1csc(-c2nc(N)c3cc(CC(C)c4ccccn4)sc3n2)n1. The molecule has 0 amide bonds. The summed E-state index contributed by atoms with van der Waals surface area (Å²) < 4.78 is 0.